The van der Waals surface area contributed by atoms with Crippen molar-refractivity contribution >= 4 is 23.2 Å². The minimum Gasteiger partial charge on any atom is -0.481 e. The molecule has 0 saturated carbocycles. The first-order valence-corrected chi connectivity index (χ1v) is 8.45. The van der Waals surface area contributed by atoms with Crippen LogP contribution in [0.1, 0.15) is 52.7 Å². The Balaban J connectivity index is 1.78. The van der Waals surface area contributed by atoms with Crippen LogP contribution in [0.15, 0.2) is 6.07 Å². The van der Waals surface area contributed by atoms with E-state index in [1.807, 2.05) is 6.07 Å². The summed E-state index contributed by atoms with van der Waals surface area (Å²) in [5.41, 5.74) is 0.526. The van der Waals surface area contributed by atoms with E-state index >= 15 is 0 Å². The van der Waals surface area contributed by atoms with Gasteiger partial charge in [-0.15, -0.1) is 11.3 Å². The summed E-state index contributed by atoms with van der Waals surface area (Å²) in [6.45, 7) is 2.74. The van der Waals surface area contributed by atoms with Crippen LogP contribution in [-0.4, -0.2) is 35.0 Å². The maximum Gasteiger partial charge on any atom is 0.311 e. The van der Waals surface area contributed by atoms with Crippen LogP contribution in [0.3, 0.4) is 0 Å². The fraction of sp³-hybridized carbons (Fsp3) is 0.625. The molecule has 21 heavy (non-hydrogen) atoms. The van der Waals surface area contributed by atoms with Crippen molar-refractivity contribution in [2.45, 2.75) is 45.4 Å². The number of hydrogen-bond donors (Lipinski definition) is 1. The molecule has 1 atom stereocenters. The van der Waals surface area contributed by atoms with Crippen molar-refractivity contribution in [1.29, 1.82) is 0 Å². The molecule has 1 amide bonds. The molecular weight excluding hydrogens is 286 g/mol. The van der Waals surface area contributed by atoms with Crippen molar-refractivity contribution in [3.8, 4) is 0 Å². The summed E-state index contributed by atoms with van der Waals surface area (Å²) < 4.78 is 0. The third-order valence-corrected chi connectivity index (χ3v) is 5.93. The van der Waals surface area contributed by atoms with Crippen molar-refractivity contribution in [3.63, 3.8) is 0 Å². The lowest BCUT2D eigenvalue weighted by Gasteiger charge is -2.37. The molecular formula is C16H21NO3S. The largest absolute Gasteiger partial charge is 0.481 e. The van der Waals surface area contributed by atoms with E-state index in [9.17, 15) is 14.7 Å². The number of hydrogen-bond acceptors (Lipinski definition) is 3. The average Bonchev–Trinajstić information content (AvgIpc) is 2.90. The van der Waals surface area contributed by atoms with E-state index in [0.29, 0.717) is 19.5 Å². The number of likely N-dealkylation sites (tertiary alicyclic amines) is 1. The van der Waals surface area contributed by atoms with Crippen molar-refractivity contribution in [2.75, 3.05) is 13.1 Å². The highest BCUT2D eigenvalue weighted by Gasteiger charge is 2.39. The summed E-state index contributed by atoms with van der Waals surface area (Å²) in [4.78, 5) is 27.9. The van der Waals surface area contributed by atoms with E-state index in [4.69, 9.17) is 0 Å². The maximum atomic E-state index is 12.7. The van der Waals surface area contributed by atoms with Crippen LogP contribution in [0.2, 0.25) is 0 Å². The van der Waals surface area contributed by atoms with E-state index in [2.05, 4.69) is 0 Å². The Morgan fingerprint density at radius 1 is 1.29 bits per heavy atom. The van der Waals surface area contributed by atoms with Crippen molar-refractivity contribution in [1.82, 2.24) is 4.90 Å². The van der Waals surface area contributed by atoms with Crippen LogP contribution in [0.4, 0.5) is 0 Å². The molecule has 2 heterocycles. The fourth-order valence-electron chi connectivity index (χ4n) is 3.34. The summed E-state index contributed by atoms with van der Waals surface area (Å²) in [5, 5.41) is 9.36. The van der Waals surface area contributed by atoms with E-state index in [0.717, 1.165) is 24.1 Å². The zero-order chi connectivity index (χ0) is 15.0. The van der Waals surface area contributed by atoms with Gasteiger partial charge in [0.1, 0.15) is 0 Å². The van der Waals surface area contributed by atoms with Crippen LogP contribution in [0.5, 0.6) is 0 Å². The highest BCUT2D eigenvalue weighted by molar-refractivity contribution is 7.14. The molecule has 1 fully saturated rings. The van der Waals surface area contributed by atoms with Gasteiger partial charge in [0.25, 0.3) is 5.91 Å². The number of nitrogens with zero attached hydrogens (tertiary/aromatic N) is 1. The summed E-state index contributed by atoms with van der Waals surface area (Å²) >= 11 is 1.61. The standard InChI is InChI=1S/C16H21NO3S/c1-16(15(19)20)7-4-8-17(10-16)14(18)13-9-11-5-2-3-6-12(11)21-13/h9H,2-8,10H2,1H3,(H,19,20). The summed E-state index contributed by atoms with van der Waals surface area (Å²) in [6.07, 6.45) is 5.98. The monoisotopic (exact) mass is 307 g/mol. The number of carbonyl (C=O) groups is 2. The molecule has 5 heteroatoms. The normalized spacial score (nSPS) is 25.5. The van der Waals surface area contributed by atoms with Crippen LogP contribution in [0, 0.1) is 5.41 Å². The number of aliphatic carboxylic acids is 1. The lowest BCUT2D eigenvalue weighted by atomic mass is 9.82. The molecule has 0 bridgehead atoms. The maximum absolute atomic E-state index is 12.7. The third kappa shape index (κ3) is 2.71. The lowest BCUT2D eigenvalue weighted by Crippen LogP contribution is -2.48. The SMILES string of the molecule is CC1(C(=O)O)CCCN(C(=O)c2cc3c(s2)CCCC3)C1. The van der Waals surface area contributed by atoms with Gasteiger partial charge in [0.15, 0.2) is 0 Å². The number of carbonyl (C=O) groups excluding carboxylic acids is 1. The number of piperidine rings is 1. The Bertz CT molecular complexity index is 557. The Hall–Kier alpha value is -1.36. The van der Waals surface area contributed by atoms with Gasteiger partial charge in [0, 0.05) is 18.0 Å². The number of aryl methyl sites for hydroxylation is 2. The Morgan fingerprint density at radius 3 is 2.76 bits per heavy atom. The smallest absolute Gasteiger partial charge is 0.311 e. The molecule has 4 nitrogen and oxygen atoms in total. The molecule has 1 saturated heterocycles. The van der Waals surface area contributed by atoms with Crippen molar-refractivity contribution in [2.24, 2.45) is 5.41 Å². The van der Waals surface area contributed by atoms with Gasteiger partial charge in [-0.3, -0.25) is 9.59 Å². The Kier molecular flexibility index (Phi) is 3.78. The predicted octanol–water partition coefficient (Wildman–Crippen LogP) is 2.95. The first kappa shape index (κ1) is 14.6. The topological polar surface area (TPSA) is 57.6 Å². The number of carboxylic acids is 1. The number of rotatable bonds is 2. The lowest BCUT2D eigenvalue weighted by molar-refractivity contribution is -0.150. The van der Waals surface area contributed by atoms with Gasteiger partial charge >= 0.3 is 5.97 Å². The zero-order valence-corrected chi connectivity index (χ0v) is 13.2. The number of carboxylic acid groups (broad SMARTS) is 1. The molecule has 1 aromatic rings. The van der Waals surface area contributed by atoms with E-state index in [-0.39, 0.29) is 5.91 Å². The van der Waals surface area contributed by atoms with Crippen LogP contribution in [0.25, 0.3) is 0 Å². The Morgan fingerprint density at radius 2 is 2.05 bits per heavy atom. The van der Waals surface area contributed by atoms with Gasteiger partial charge in [0.05, 0.1) is 10.3 Å². The first-order chi connectivity index (χ1) is 9.99. The van der Waals surface area contributed by atoms with E-state index < -0.39 is 11.4 Å². The minimum atomic E-state index is -0.801. The van der Waals surface area contributed by atoms with Gasteiger partial charge in [0.2, 0.25) is 0 Å². The van der Waals surface area contributed by atoms with Crippen molar-refractivity contribution < 1.29 is 14.7 Å². The Labute approximate surface area is 128 Å². The van der Waals surface area contributed by atoms with Gasteiger partial charge < -0.3 is 10.0 Å². The minimum absolute atomic E-state index is 0.0153. The molecule has 1 aliphatic heterocycles. The van der Waals surface area contributed by atoms with E-state index in [1.165, 1.54) is 23.3 Å². The van der Waals surface area contributed by atoms with Crippen LogP contribution >= 0.6 is 11.3 Å². The van der Waals surface area contributed by atoms with Crippen LogP contribution in [-0.2, 0) is 17.6 Å². The fourth-order valence-corrected chi connectivity index (χ4v) is 4.56. The third-order valence-electron chi connectivity index (χ3n) is 4.71. The molecule has 1 aliphatic carbocycles. The van der Waals surface area contributed by atoms with Gasteiger partial charge in [-0.05, 0) is 57.1 Å². The second-order valence-corrected chi connectivity index (χ2v) is 7.60. The van der Waals surface area contributed by atoms with Gasteiger partial charge in [-0.25, -0.2) is 0 Å². The summed E-state index contributed by atoms with van der Waals surface area (Å²) in [5.74, 6) is -0.785. The van der Waals surface area contributed by atoms with Crippen molar-refractivity contribution in [3.05, 3.63) is 21.4 Å². The zero-order valence-electron chi connectivity index (χ0n) is 12.4. The average molecular weight is 307 g/mol. The molecule has 3 rings (SSSR count). The van der Waals surface area contributed by atoms with E-state index in [1.54, 1.807) is 23.2 Å². The molecule has 1 unspecified atom stereocenters. The number of amides is 1. The first-order valence-electron chi connectivity index (χ1n) is 7.64. The molecule has 1 N–H and O–H groups in total. The van der Waals surface area contributed by atoms with Gasteiger partial charge in [-0.1, -0.05) is 0 Å². The summed E-state index contributed by atoms with van der Waals surface area (Å²) in [6, 6.07) is 2.04. The molecule has 0 radical (unpaired) electrons. The van der Waals surface area contributed by atoms with Crippen LogP contribution < -0.4 is 0 Å². The molecule has 2 aliphatic rings. The second kappa shape index (κ2) is 5.44. The number of fused-ring (bicyclic) bond motifs is 1. The highest BCUT2D eigenvalue weighted by Crippen LogP contribution is 2.33. The second-order valence-electron chi connectivity index (χ2n) is 6.46. The van der Waals surface area contributed by atoms with Gasteiger partial charge in [-0.2, -0.15) is 0 Å². The molecule has 0 spiro atoms. The predicted molar refractivity (Wildman–Crippen MR) is 81.8 cm³/mol. The summed E-state index contributed by atoms with van der Waals surface area (Å²) in [7, 11) is 0. The highest BCUT2D eigenvalue weighted by atomic mass is 32.1. The molecule has 0 aromatic carbocycles. The number of thiophene rings is 1. The molecule has 1 aromatic heterocycles. The molecule has 114 valence electrons. The quantitative estimate of drug-likeness (QED) is 0.914.